The van der Waals surface area contributed by atoms with Crippen LogP contribution in [0.5, 0.6) is 17.2 Å². The Bertz CT molecular complexity index is 870. The average Bonchev–Trinajstić information content (AvgIpc) is 3.02. The number of ether oxygens (including phenoxy) is 4. The number of carbonyl (C=O) groups excluding carboxylic acids is 1. The zero-order valence-corrected chi connectivity index (χ0v) is 14.1. The van der Waals surface area contributed by atoms with Crippen LogP contribution in [0.2, 0.25) is 0 Å². The van der Waals surface area contributed by atoms with Gasteiger partial charge in [0, 0.05) is 11.1 Å². The summed E-state index contributed by atoms with van der Waals surface area (Å²) in [6.07, 6.45) is 1.61. The van der Waals surface area contributed by atoms with Gasteiger partial charge >= 0.3 is 5.97 Å². The first-order valence-corrected chi connectivity index (χ1v) is 7.53. The van der Waals surface area contributed by atoms with E-state index in [-0.39, 0.29) is 11.6 Å². The molecule has 1 aliphatic heterocycles. The highest BCUT2D eigenvalue weighted by Crippen LogP contribution is 2.28. The number of hydrogen-bond donors (Lipinski definition) is 0. The number of benzene rings is 2. The largest absolute Gasteiger partial charge is 0.497 e. The van der Waals surface area contributed by atoms with E-state index in [1.54, 1.807) is 69.9 Å². The Morgan fingerprint density at radius 3 is 2.44 bits per heavy atom. The first kappa shape index (κ1) is 16.6. The van der Waals surface area contributed by atoms with Crippen LogP contribution in [-0.4, -0.2) is 33.2 Å². The Morgan fingerprint density at radius 1 is 0.960 bits per heavy atom. The second-order valence-corrected chi connectivity index (χ2v) is 5.18. The van der Waals surface area contributed by atoms with Crippen molar-refractivity contribution in [2.24, 2.45) is 4.99 Å². The van der Waals surface area contributed by atoms with Crippen molar-refractivity contribution in [2.75, 3.05) is 21.3 Å². The fourth-order valence-corrected chi connectivity index (χ4v) is 2.39. The van der Waals surface area contributed by atoms with Crippen molar-refractivity contribution < 1.29 is 23.7 Å². The van der Waals surface area contributed by atoms with Gasteiger partial charge in [-0.15, -0.1) is 0 Å². The van der Waals surface area contributed by atoms with Crippen molar-refractivity contribution in [1.82, 2.24) is 0 Å². The lowest BCUT2D eigenvalue weighted by Crippen LogP contribution is -2.05. The molecule has 0 unspecified atom stereocenters. The van der Waals surface area contributed by atoms with Gasteiger partial charge in [-0.05, 0) is 42.5 Å². The lowest BCUT2D eigenvalue weighted by atomic mass is 10.1. The molecule has 0 aromatic heterocycles. The Balaban J connectivity index is 1.98. The van der Waals surface area contributed by atoms with Crippen LogP contribution < -0.4 is 14.2 Å². The van der Waals surface area contributed by atoms with E-state index < -0.39 is 5.97 Å². The van der Waals surface area contributed by atoms with Crippen molar-refractivity contribution in [3.63, 3.8) is 0 Å². The zero-order valence-electron chi connectivity index (χ0n) is 14.1. The summed E-state index contributed by atoms with van der Waals surface area (Å²) in [4.78, 5) is 16.5. The maximum absolute atomic E-state index is 12.2. The lowest BCUT2D eigenvalue weighted by Gasteiger charge is -2.07. The molecule has 2 aromatic rings. The molecule has 0 saturated carbocycles. The molecule has 6 heteroatoms. The summed E-state index contributed by atoms with van der Waals surface area (Å²) in [5, 5.41) is 0. The summed E-state index contributed by atoms with van der Waals surface area (Å²) in [6.45, 7) is 0. The standard InChI is InChI=1S/C19H17NO5/c1-22-14-6-4-5-12(9-14)18-20-16(19(21)25-18)11-13-10-15(23-2)7-8-17(13)24-3/h4-11H,1-3H3/b16-11-. The van der Waals surface area contributed by atoms with Crippen LogP contribution in [0.3, 0.4) is 0 Å². The van der Waals surface area contributed by atoms with Crippen LogP contribution in [0.25, 0.3) is 6.08 Å². The van der Waals surface area contributed by atoms with Crippen LogP contribution in [0.4, 0.5) is 0 Å². The SMILES string of the molecule is COc1cccc(C2=N/C(=C\c3cc(OC)ccc3OC)C(=O)O2)c1. The van der Waals surface area contributed by atoms with E-state index in [0.717, 1.165) is 0 Å². The highest BCUT2D eigenvalue weighted by molar-refractivity contribution is 6.13. The first-order chi connectivity index (χ1) is 12.1. The molecule has 128 valence electrons. The normalized spacial score (nSPS) is 14.9. The molecule has 0 amide bonds. The number of carbonyl (C=O) groups is 1. The van der Waals surface area contributed by atoms with Crippen LogP contribution in [0.1, 0.15) is 11.1 Å². The minimum Gasteiger partial charge on any atom is -0.497 e. The number of nitrogens with zero attached hydrogens (tertiary/aromatic N) is 1. The Morgan fingerprint density at radius 2 is 1.72 bits per heavy atom. The monoisotopic (exact) mass is 339 g/mol. The van der Waals surface area contributed by atoms with Gasteiger partial charge in [0.1, 0.15) is 17.2 Å². The molecule has 0 fully saturated rings. The average molecular weight is 339 g/mol. The fraction of sp³-hybridized carbons (Fsp3) is 0.158. The minimum absolute atomic E-state index is 0.185. The number of aliphatic imine (C=N–C) groups is 1. The fourth-order valence-electron chi connectivity index (χ4n) is 2.39. The van der Waals surface area contributed by atoms with Gasteiger partial charge in [-0.3, -0.25) is 0 Å². The highest BCUT2D eigenvalue weighted by Gasteiger charge is 2.25. The molecule has 0 spiro atoms. The predicted molar refractivity (Wildman–Crippen MR) is 93.1 cm³/mol. The van der Waals surface area contributed by atoms with Gasteiger partial charge in [-0.2, -0.15) is 0 Å². The molecular formula is C19H17NO5. The van der Waals surface area contributed by atoms with Gasteiger partial charge in [0.05, 0.1) is 21.3 Å². The molecule has 0 atom stereocenters. The summed E-state index contributed by atoms with van der Waals surface area (Å²) < 4.78 is 21.0. The summed E-state index contributed by atoms with van der Waals surface area (Å²) in [6, 6.07) is 12.5. The van der Waals surface area contributed by atoms with Crippen LogP contribution in [0.15, 0.2) is 53.2 Å². The first-order valence-electron chi connectivity index (χ1n) is 7.53. The topological polar surface area (TPSA) is 66.3 Å². The summed E-state index contributed by atoms with van der Waals surface area (Å²) >= 11 is 0. The summed E-state index contributed by atoms with van der Waals surface area (Å²) in [5.41, 5.74) is 1.52. The third kappa shape index (κ3) is 3.47. The van der Waals surface area contributed by atoms with Crippen molar-refractivity contribution in [1.29, 1.82) is 0 Å². The lowest BCUT2D eigenvalue weighted by molar-refractivity contribution is -0.129. The third-order valence-corrected chi connectivity index (χ3v) is 3.67. The number of hydrogen-bond acceptors (Lipinski definition) is 6. The number of esters is 1. The van der Waals surface area contributed by atoms with Gasteiger partial charge in [0.25, 0.3) is 0 Å². The second-order valence-electron chi connectivity index (χ2n) is 5.18. The summed E-state index contributed by atoms with van der Waals surface area (Å²) in [5.74, 6) is 1.62. The van der Waals surface area contributed by atoms with E-state index in [0.29, 0.717) is 28.4 Å². The molecule has 0 N–H and O–H groups in total. The molecule has 0 radical (unpaired) electrons. The Labute approximate surface area is 145 Å². The van der Waals surface area contributed by atoms with Crippen molar-refractivity contribution in [2.45, 2.75) is 0 Å². The van der Waals surface area contributed by atoms with Gasteiger partial charge < -0.3 is 18.9 Å². The smallest absolute Gasteiger partial charge is 0.363 e. The van der Waals surface area contributed by atoms with Crippen molar-refractivity contribution in [3.8, 4) is 17.2 Å². The molecule has 1 aliphatic rings. The van der Waals surface area contributed by atoms with E-state index in [1.807, 2.05) is 0 Å². The molecule has 6 nitrogen and oxygen atoms in total. The van der Waals surface area contributed by atoms with Crippen LogP contribution in [-0.2, 0) is 9.53 Å². The molecule has 2 aromatic carbocycles. The molecule has 1 heterocycles. The van der Waals surface area contributed by atoms with Gasteiger partial charge in [-0.1, -0.05) is 6.07 Å². The quantitative estimate of drug-likeness (QED) is 0.619. The number of rotatable bonds is 5. The van der Waals surface area contributed by atoms with Gasteiger partial charge in [0.15, 0.2) is 5.70 Å². The van der Waals surface area contributed by atoms with Gasteiger partial charge in [-0.25, -0.2) is 9.79 Å². The highest BCUT2D eigenvalue weighted by atomic mass is 16.6. The molecule has 0 aliphatic carbocycles. The Hall–Kier alpha value is -3.28. The van der Waals surface area contributed by atoms with E-state index in [9.17, 15) is 4.79 Å². The van der Waals surface area contributed by atoms with E-state index >= 15 is 0 Å². The zero-order chi connectivity index (χ0) is 17.8. The molecule has 3 rings (SSSR count). The molecule has 25 heavy (non-hydrogen) atoms. The van der Waals surface area contributed by atoms with Gasteiger partial charge in [0.2, 0.25) is 5.90 Å². The molecule has 0 bridgehead atoms. The van der Waals surface area contributed by atoms with E-state index in [1.165, 1.54) is 0 Å². The van der Waals surface area contributed by atoms with Crippen molar-refractivity contribution >= 4 is 17.9 Å². The predicted octanol–water partition coefficient (Wildman–Crippen LogP) is 3.06. The third-order valence-electron chi connectivity index (χ3n) is 3.67. The maximum atomic E-state index is 12.2. The Kier molecular flexibility index (Phi) is 4.70. The second kappa shape index (κ2) is 7.09. The summed E-state index contributed by atoms with van der Waals surface area (Å²) in [7, 11) is 4.70. The number of methoxy groups -OCH3 is 3. The minimum atomic E-state index is -0.525. The van der Waals surface area contributed by atoms with Crippen molar-refractivity contribution in [3.05, 3.63) is 59.3 Å². The van der Waals surface area contributed by atoms with Crippen LogP contribution >= 0.6 is 0 Å². The maximum Gasteiger partial charge on any atom is 0.363 e. The van der Waals surface area contributed by atoms with E-state index in [2.05, 4.69) is 4.99 Å². The van der Waals surface area contributed by atoms with Crippen LogP contribution in [0, 0.1) is 0 Å². The number of cyclic esters (lactones) is 1. The molecular weight excluding hydrogens is 322 g/mol. The van der Waals surface area contributed by atoms with E-state index in [4.69, 9.17) is 18.9 Å². The molecule has 0 saturated heterocycles.